The van der Waals surface area contributed by atoms with Gasteiger partial charge < -0.3 is 19.5 Å². The molecule has 0 aromatic heterocycles. The van der Waals surface area contributed by atoms with Gasteiger partial charge in [0.15, 0.2) is 12.5 Å². The van der Waals surface area contributed by atoms with Crippen LogP contribution in [0.1, 0.15) is 40.2 Å². The number of alkyl carbamates (subject to hydrolysis) is 1. The molecule has 0 bridgehead atoms. The molecule has 0 spiro atoms. The van der Waals surface area contributed by atoms with Gasteiger partial charge >= 0.3 is 6.09 Å². The molecule has 0 saturated carbocycles. The molecule has 2 unspecified atom stereocenters. The van der Waals surface area contributed by atoms with Crippen LogP contribution in [0.15, 0.2) is 30.3 Å². The van der Waals surface area contributed by atoms with Crippen LogP contribution in [-0.2, 0) is 20.8 Å². The average Bonchev–Trinajstić information content (AvgIpc) is 3.26. The number of amides is 1. The van der Waals surface area contributed by atoms with E-state index in [0.29, 0.717) is 19.1 Å². The minimum Gasteiger partial charge on any atom is -0.444 e. The fraction of sp³-hybridized carbons (Fsp3) is 0.632. The Morgan fingerprint density at radius 3 is 2.52 bits per heavy atom. The van der Waals surface area contributed by atoms with Crippen LogP contribution in [-0.4, -0.2) is 36.8 Å². The molecule has 140 valence electrons. The molecular weight excluding hydrogens is 320 g/mol. The van der Waals surface area contributed by atoms with Crippen molar-refractivity contribution in [2.45, 2.75) is 65.4 Å². The van der Waals surface area contributed by atoms with Gasteiger partial charge in [0, 0.05) is 12.6 Å². The molecule has 1 amide bonds. The molecule has 1 aromatic carbocycles. The lowest BCUT2D eigenvalue weighted by Crippen LogP contribution is -2.46. The predicted molar refractivity (Wildman–Crippen MR) is 95.9 cm³/mol. The van der Waals surface area contributed by atoms with Crippen molar-refractivity contribution >= 4 is 6.09 Å². The first-order chi connectivity index (χ1) is 11.7. The van der Waals surface area contributed by atoms with Crippen LogP contribution >= 0.6 is 0 Å². The average molecular weight is 350 g/mol. The Labute approximate surface area is 150 Å². The zero-order valence-corrected chi connectivity index (χ0v) is 15.7. The summed E-state index contributed by atoms with van der Waals surface area (Å²) in [7, 11) is 0. The maximum atomic E-state index is 11.8. The third-order valence-electron chi connectivity index (χ3n) is 3.76. The molecule has 6 heteroatoms. The molecule has 1 aromatic rings. The van der Waals surface area contributed by atoms with Crippen molar-refractivity contribution in [1.29, 1.82) is 0 Å². The lowest BCUT2D eigenvalue weighted by molar-refractivity contribution is 0.0384. The first-order valence-corrected chi connectivity index (χ1v) is 8.78. The van der Waals surface area contributed by atoms with Crippen LogP contribution in [0.4, 0.5) is 4.79 Å². The van der Waals surface area contributed by atoms with Crippen molar-refractivity contribution in [3.63, 3.8) is 0 Å². The van der Waals surface area contributed by atoms with Crippen molar-refractivity contribution in [3.8, 4) is 0 Å². The van der Waals surface area contributed by atoms with Crippen LogP contribution in [0.3, 0.4) is 0 Å². The summed E-state index contributed by atoms with van der Waals surface area (Å²) in [5, 5.41) is 6.18. The predicted octanol–water partition coefficient (Wildman–Crippen LogP) is 3.02. The Kier molecular flexibility index (Phi) is 6.81. The summed E-state index contributed by atoms with van der Waals surface area (Å²) in [6.45, 7) is 10.7. The molecule has 25 heavy (non-hydrogen) atoms. The van der Waals surface area contributed by atoms with Gasteiger partial charge in [-0.3, -0.25) is 5.32 Å². The Morgan fingerprint density at radius 2 is 1.92 bits per heavy atom. The highest BCUT2D eigenvalue weighted by molar-refractivity contribution is 5.67. The molecular formula is C19H30N2O4. The van der Waals surface area contributed by atoms with Crippen molar-refractivity contribution in [1.82, 2.24) is 10.6 Å². The minimum absolute atomic E-state index is 0.0721. The number of ether oxygens (including phenoxy) is 3. The molecule has 0 radical (unpaired) electrons. The summed E-state index contributed by atoms with van der Waals surface area (Å²) in [5.74, 6) is 0.328. The maximum absolute atomic E-state index is 11.8. The van der Waals surface area contributed by atoms with Gasteiger partial charge in [-0.1, -0.05) is 44.2 Å². The van der Waals surface area contributed by atoms with Gasteiger partial charge in [-0.15, -0.1) is 0 Å². The topological polar surface area (TPSA) is 72.1 Å². The van der Waals surface area contributed by atoms with Crippen molar-refractivity contribution in [2.24, 2.45) is 5.92 Å². The molecule has 3 atom stereocenters. The van der Waals surface area contributed by atoms with Gasteiger partial charge in [-0.05, 0) is 32.3 Å². The number of carbonyl (C=O) groups is 1. The van der Waals surface area contributed by atoms with Crippen LogP contribution in [0.25, 0.3) is 0 Å². The highest BCUT2D eigenvalue weighted by Crippen LogP contribution is 2.23. The second-order valence-corrected chi connectivity index (χ2v) is 7.62. The van der Waals surface area contributed by atoms with E-state index in [1.807, 2.05) is 51.1 Å². The highest BCUT2D eigenvalue weighted by Gasteiger charge is 2.41. The number of carbonyl (C=O) groups excluding carboxylic acids is 1. The van der Waals surface area contributed by atoms with Crippen molar-refractivity contribution in [2.75, 3.05) is 6.54 Å². The summed E-state index contributed by atoms with van der Waals surface area (Å²) >= 11 is 0. The van der Waals surface area contributed by atoms with Crippen LogP contribution in [0.5, 0.6) is 0 Å². The van der Waals surface area contributed by atoms with Crippen LogP contribution in [0.2, 0.25) is 0 Å². The van der Waals surface area contributed by atoms with E-state index >= 15 is 0 Å². The summed E-state index contributed by atoms with van der Waals surface area (Å²) in [6.07, 6.45) is -0.798. The zero-order valence-electron chi connectivity index (χ0n) is 15.7. The number of epoxide rings is 1. The molecule has 2 N–H and O–H groups in total. The third-order valence-corrected chi connectivity index (χ3v) is 3.76. The first kappa shape index (κ1) is 19.7. The SMILES string of the molecule is CC(C)[C@H](CNC(=O)OC(C)(C)C)NC1OC1OCc1ccccc1. The van der Waals surface area contributed by atoms with E-state index in [0.717, 1.165) is 5.56 Å². The van der Waals surface area contributed by atoms with Gasteiger partial charge in [-0.25, -0.2) is 4.79 Å². The second-order valence-electron chi connectivity index (χ2n) is 7.62. The smallest absolute Gasteiger partial charge is 0.407 e. The van der Waals surface area contributed by atoms with E-state index in [9.17, 15) is 4.79 Å². The quantitative estimate of drug-likeness (QED) is 0.705. The number of benzene rings is 1. The molecule has 2 rings (SSSR count). The molecule has 1 fully saturated rings. The van der Waals surface area contributed by atoms with Gasteiger partial charge in [0.05, 0.1) is 6.61 Å². The normalized spacial score (nSPS) is 21.0. The number of nitrogens with one attached hydrogen (secondary N) is 2. The minimum atomic E-state index is -0.499. The van der Waals surface area contributed by atoms with Gasteiger partial charge in [0.2, 0.25) is 0 Å². The van der Waals surface area contributed by atoms with E-state index < -0.39 is 11.7 Å². The van der Waals surface area contributed by atoms with Crippen LogP contribution < -0.4 is 10.6 Å². The number of hydrogen-bond acceptors (Lipinski definition) is 5. The lowest BCUT2D eigenvalue weighted by Gasteiger charge is -2.24. The Morgan fingerprint density at radius 1 is 1.24 bits per heavy atom. The third kappa shape index (κ3) is 7.42. The maximum Gasteiger partial charge on any atom is 0.407 e. The van der Waals surface area contributed by atoms with Crippen LogP contribution in [0, 0.1) is 5.92 Å². The Bertz CT molecular complexity index is 542. The standard InChI is InChI=1S/C19H30N2O4/c1-13(2)15(11-20-18(22)25-19(3,4)5)21-16-17(24-16)23-12-14-9-7-6-8-10-14/h6-10,13,15-17,21H,11-12H2,1-5H3,(H,20,22)/t15-,16?,17?/m0/s1. The van der Waals surface area contributed by atoms with Crippen molar-refractivity contribution in [3.05, 3.63) is 35.9 Å². The first-order valence-electron chi connectivity index (χ1n) is 8.78. The fourth-order valence-electron chi connectivity index (χ4n) is 2.30. The summed E-state index contributed by atoms with van der Waals surface area (Å²) in [4.78, 5) is 11.8. The highest BCUT2D eigenvalue weighted by atomic mass is 16.8. The number of hydrogen-bond donors (Lipinski definition) is 2. The molecule has 1 saturated heterocycles. The molecule has 6 nitrogen and oxygen atoms in total. The Hall–Kier alpha value is -1.63. The molecule has 1 heterocycles. The largest absolute Gasteiger partial charge is 0.444 e. The van der Waals surface area contributed by atoms with E-state index in [-0.39, 0.29) is 18.6 Å². The fourth-order valence-corrected chi connectivity index (χ4v) is 2.30. The lowest BCUT2D eigenvalue weighted by atomic mass is 10.0. The van der Waals surface area contributed by atoms with E-state index in [2.05, 4.69) is 24.5 Å². The summed E-state index contributed by atoms with van der Waals surface area (Å²) in [5.41, 5.74) is 0.615. The van der Waals surface area contributed by atoms with Gasteiger partial charge in [0.25, 0.3) is 0 Å². The van der Waals surface area contributed by atoms with E-state index in [1.165, 1.54) is 0 Å². The molecule has 1 aliphatic heterocycles. The van der Waals surface area contributed by atoms with E-state index in [1.54, 1.807) is 0 Å². The number of rotatable bonds is 8. The zero-order chi connectivity index (χ0) is 18.4. The second kappa shape index (κ2) is 8.65. The van der Waals surface area contributed by atoms with Crippen molar-refractivity contribution < 1.29 is 19.0 Å². The van der Waals surface area contributed by atoms with Gasteiger partial charge in [0.1, 0.15) is 5.60 Å². The monoisotopic (exact) mass is 350 g/mol. The van der Waals surface area contributed by atoms with Gasteiger partial charge in [-0.2, -0.15) is 0 Å². The summed E-state index contributed by atoms with van der Waals surface area (Å²) in [6, 6.07) is 10.1. The Balaban J connectivity index is 1.70. The molecule has 1 aliphatic rings. The summed E-state index contributed by atoms with van der Waals surface area (Å²) < 4.78 is 16.5. The van der Waals surface area contributed by atoms with E-state index in [4.69, 9.17) is 14.2 Å². The molecule has 0 aliphatic carbocycles.